The fourth-order valence-electron chi connectivity index (χ4n) is 2.55. The highest BCUT2D eigenvalue weighted by molar-refractivity contribution is 7.23. The third-order valence-electron chi connectivity index (χ3n) is 3.87. The number of thiophene rings is 1. The first-order valence-electron chi connectivity index (χ1n) is 8.71. The highest BCUT2D eigenvalue weighted by atomic mass is 32.1. The summed E-state index contributed by atoms with van der Waals surface area (Å²) in [4.78, 5) is 10.2. The van der Waals surface area contributed by atoms with Crippen molar-refractivity contribution < 1.29 is 0 Å². The summed E-state index contributed by atoms with van der Waals surface area (Å²) in [7, 11) is 2.11. The second-order valence-electron chi connectivity index (χ2n) is 6.03. The average molecular weight is 350 g/mol. The van der Waals surface area contributed by atoms with Crippen molar-refractivity contribution in [3.8, 4) is 10.6 Å². The van der Waals surface area contributed by atoms with Crippen LogP contribution in [0.2, 0.25) is 0 Å². The fourth-order valence-corrected chi connectivity index (χ4v) is 3.39. The van der Waals surface area contributed by atoms with Gasteiger partial charge in [-0.3, -0.25) is 0 Å². The molecule has 1 aromatic carbocycles. The summed E-state index contributed by atoms with van der Waals surface area (Å²) in [5, 5.41) is 6.79. The van der Waals surface area contributed by atoms with E-state index in [9.17, 15) is 0 Å². The Hall–Kier alpha value is -2.18. The van der Waals surface area contributed by atoms with Crippen molar-refractivity contribution in [2.45, 2.75) is 26.3 Å². The van der Waals surface area contributed by atoms with E-state index in [1.165, 1.54) is 23.2 Å². The van der Waals surface area contributed by atoms with E-state index in [1.54, 1.807) is 17.5 Å². The second kappa shape index (κ2) is 8.78. The summed E-state index contributed by atoms with van der Waals surface area (Å²) in [6.45, 7) is 4.14. The molecule has 128 valence electrons. The summed E-state index contributed by atoms with van der Waals surface area (Å²) in [6, 6.07) is 14.6. The van der Waals surface area contributed by atoms with Gasteiger partial charge in [0.25, 0.3) is 0 Å². The van der Waals surface area contributed by atoms with Crippen LogP contribution in [-0.2, 0) is 6.54 Å². The predicted molar refractivity (Wildman–Crippen MR) is 110 cm³/mol. The van der Waals surface area contributed by atoms with E-state index in [1.807, 2.05) is 12.1 Å². The van der Waals surface area contributed by atoms with Crippen LogP contribution < -0.4 is 15.4 Å². The van der Waals surface area contributed by atoms with Crippen molar-refractivity contribution in [2.24, 2.45) is 0 Å². The zero-order chi connectivity index (χ0) is 17.5. The minimum absolute atomic E-state index is 0.625. The van der Waals surface area contributed by atoms with E-state index < -0.39 is 0 Å². The van der Waals surface area contributed by atoms with E-state index in [4.69, 9.17) is 0 Å². The van der Waals surface area contributed by atoms with Gasteiger partial charge >= 0.3 is 0 Å². The molecular weight excluding hydrogens is 327 g/mol. The van der Waals surface area contributed by atoms with Crippen LogP contribution in [0.15, 0.2) is 48.7 Å². The second-order valence-corrected chi connectivity index (χ2v) is 7.32. The lowest BCUT2D eigenvalue weighted by atomic mass is 10.1. The van der Waals surface area contributed by atoms with Crippen LogP contribution in [-0.4, -0.2) is 24.4 Å². The Morgan fingerprint density at radius 1 is 1.16 bits per heavy atom. The summed E-state index contributed by atoms with van der Waals surface area (Å²) in [5.41, 5.74) is 3.22. The van der Waals surface area contributed by atoms with Gasteiger partial charge in [0.1, 0.15) is 0 Å². The molecule has 3 aromatic rings. The third-order valence-corrected chi connectivity index (χ3v) is 4.89. The maximum Gasteiger partial charge on any atom is 0.227 e. The van der Waals surface area contributed by atoms with Crippen LogP contribution in [0.25, 0.3) is 10.6 Å². The van der Waals surface area contributed by atoms with Crippen molar-refractivity contribution in [2.75, 3.05) is 11.9 Å². The van der Waals surface area contributed by atoms with E-state index in [-0.39, 0.29) is 0 Å². The van der Waals surface area contributed by atoms with Gasteiger partial charge in [0.15, 0.2) is 7.85 Å². The summed E-state index contributed by atoms with van der Waals surface area (Å²) in [5.74, 6) is 0.625. The number of anilines is 2. The first kappa shape index (κ1) is 17.6. The van der Waals surface area contributed by atoms with Crippen molar-refractivity contribution in [1.82, 2.24) is 15.3 Å². The molecule has 6 heteroatoms. The van der Waals surface area contributed by atoms with Gasteiger partial charge in [-0.05, 0) is 47.6 Å². The Morgan fingerprint density at radius 2 is 2.08 bits per heavy atom. The first-order valence-corrected chi connectivity index (χ1v) is 9.53. The minimum atomic E-state index is 0.625. The SMILES string of the molecule is Bc1ccc(-c2ccnc(Nc3cccc(CNCCCC)c3)n2)s1. The first-order chi connectivity index (χ1) is 12.2. The lowest BCUT2D eigenvalue weighted by Crippen LogP contribution is -2.14. The highest BCUT2D eigenvalue weighted by Gasteiger charge is 2.05. The molecule has 0 unspecified atom stereocenters. The summed E-state index contributed by atoms with van der Waals surface area (Å²) < 4.78 is 1.28. The van der Waals surface area contributed by atoms with E-state index in [0.717, 1.165) is 29.3 Å². The number of rotatable bonds is 8. The molecule has 0 amide bonds. The molecule has 3 rings (SSSR count). The number of nitrogens with one attached hydrogen (secondary N) is 2. The van der Waals surface area contributed by atoms with Gasteiger partial charge in [-0.2, -0.15) is 0 Å². The standard InChI is InChI=1S/C19H23BN4S/c1-2-3-10-21-13-14-5-4-6-15(12-14)23-19-22-11-9-16(24-19)17-7-8-18(20)25-17/h4-9,11-12,21H,2-3,10,13,20H2,1H3,(H,22,23,24). The smallest absolute Gasteiger partial charge is 0.227 e. The lowest BCUT2D eigenvalue weighted by Gasteiger charge is -2.09. The molecule has 25 heavy (non-hydrogen) atoms. The van der Waals surface area contributed by atoms with Gasteiger partial charge in [0.05, 0.1) is 10.6 Å². The molecule has 2 aromatic heterocycles. The number of nitrogens with zero attached hydrogens (tertiary/aromatic N) is 2. The van der Waals surface area contributed by atoms with E-state index >= 15 is 0 Å². The quantitative estimate of drug-likeness (QED) is 0.484. The minimum Gasteiger partial charge on any atom is -0.324 e. The van der Waals surface area contributed by atoms with Gasteiger partial charge in [-0.15, -0.1) is 11.3 Å². The van der Waals surface area contributed by atoms with Crippen molar-refractivity contribution in [3.05, 3.63) is 54.2 Å². The highest BCUT2D eigenvalue weighted by Crippen LogP contribution is 2.22. The number of hydrogen-bond acceptors (Lipinski definition) is 5. The molecule has 0 aliphatic carbocycles. The molecule has 0 saturated carbocycles. The average Bonchev–Trinajstić information content (AvgIpc) is 3.06. The largest absolute Gasteiger partial charge is 0.324 e. The van der Waals surface area contributed by atoms with E-state index in [2.05, 4.69) is 65.7 Å². The number of aromatic nitrogens is 2. The molecular formula is C19H23BN4S. The van der Waals surface area contributed by atoms with Crippen molar-refractivity contribution >= 4 is 35.6 Å². The Balaban J connectivity index is 1.68. The maximum atomic E-state index is 4.64. The molecule has 4 nitrogen and oxygen atoms in total. The van der Waals surface area contributed by atoms with Gasteiger partial charge in [0, 0.05) is 18.4 Å². The zero-order valence-corrected chi connectivity index (χ0v) is 15.6. The summed E-state index contributed by atoms with van der Waals surface area (Å²) in [6.07, 6.45) is 4.22. The summed E-state index contributed by atoms with van der Waals surface area (Å²) >= 11 is 1.74. The van der Waals surface area contributed by atoms with Gasteiger partial charge in [-0.25, -0.2) is 9.97 Å². The zero-order valence-electron chi connectivity index (χ0n) is 14.7. The molecule has 0 bridgehead atoms. The topological polar surface area (TPSA) is 49.8 Å². The monoisotopic (exact) mass is 350 g/mol. The van der Waals surface area contributed by atoms with Crippen LogP contribution in [0, 0.1) is 0 Å². The Kier molecular flexibility index (Phi) is 6.20. The predicted octanol–water partition coefficient (Wildman–Crippen LogP) is 3.10. The molecule has 2 heterocycles. The van der Waals surface area contributed by atoms with Crippen LogP contribution in [0.4, 0.5) is 11.6 Å². The van der Waals surface area contributed by atoms with Gasteiger partial charge < -0.3 is 10.6 Å². The van der Waals surface area contributed by atoms with Gasteiger partial charge in [0.2, 0.25) is 5.95 Å². The molecule has 0 spiro atoms. The number of benzene rings is 1. The molecule has 0 aliphatic rings. The molecule has 0 atom stereocenters. The maximum absolute atomic E-state index is 4.64. The normalized spacial score (nSPS) is 10.8. The molecule has 0 radical (unpaired) electrons. The Morgan fingerprint density at radius 3 is 2.88 bits per heavy atom. The van der Waals surface area contributed by atoms with Crippen LogP contribution in [0.3, 0.4) is 0 Å². The van der Waals surface area contributed by atoms with Crippen LogP contribution >= 0.6 is 11.3 Å². The van der Waals surface area contributed by atoms with Crippen LogP contribution in [0.1, 0.15) is 25.3 Å². The van der Waals surface area contributed by atoms with E-state index in [0.29, 0.717) is 5.95 Å². The molecule has 0 fully saturated rings. The van der Waals surface area contributed by atoms with Crippen molar-refractivity contribution in [3.63, 3.8) is 0 Å². The lowest BCUT2D eigenvalue weighted by molar-refractivity contribution is 0.641. The van der Waals surface area contributed by atoms with Crippen molar-refractivity contribution in [1.29, 1.82) is 0 Å². The molecule has 0 saturated heterocycles. The van der Waals surface area contributed by atoms with Crippen LogP contribution in [0.5, 0.6) is 0 Å². The Labute approximate surface area is 154 Å². The number of hydrogen-bond donors (Lipinski definition) is 2. The number of unbranched alkanes of at least 4 members (excludes halogenated alkanes) is 1. The Bertz CT molecular complexity index is 818. The third kappa shape index (κ3) is 5.15. The fraction of sp³-hybridized carbons (Fsp3) is 0.263. The molecule has 0 aliphatic heterocycles. The van der Waals surface area contributed by atoms with Gasteiger partial charge in [-0.1, -0.05) is 31.5 Å². The molecule has 2 N–H and O–H groups in total.